The van der Waals surface area contributed by atoms with Crippen molar-refractivity contribution in [1.29, 1.82) is 0 Å². The number of nitrogens with two attached hydrogens (primary N) is 1. The van der Waals surface area contributed by atoms with Gasteiger partial charge in [-0.05, 0) is 48.7 Å². The Bertz CT molecular complexity index is 702. The Kier molecular flexibility index (Phi) is 5.11. The number of piperidine rings is 1. The van der Waals surface area contributed by atoms with Crippen LogP contribution in [0.3, 0.4) is 0 Å². The smallest absolute Gasteiger partial charge is 0.251 e. The first-order valence-electron chi connectivity index (χ1n) is 8.26. The minimum Gasteiger partial charge on any atom is -0.369 e. The van der Waals surface area contributed by atoms with Crippen LogP contribution in [0.5, 0.6) is 0 Å². The largest absolute Gasteiger partial charge is 0.369 e. The topological polar surface area (TPSA) is 58.4 Å². The van der Waals surface area contributed by atoms with E-state index in [2.05, 4.69) is 10.2 Å². The van der Waals surface area contributed by atoms with Gasteiger partial charge in [-0.25, -0.2) is 4.39 Å². The van der Waals surface area contributed by atoms with E-state index in [1.54, 1.807) is 18.2 Å². The maximum Gasteiger partial charge on any atom is 0.251 e. The lowest BCUT2D eigenvalue weighted by molar-refractivity contribution is 0.0933. The molecule has 1 heterocycles. The fourth-order valence-corrected chi connectivity index (χ4v) is 3.06. The predicted octanol–water partition coefficient (Wildman–Crippen LogP) is 2.68. The van der Waals surface area contributed by atoms with Crippen LogP contribution in [-0.4, -0.2) is 25.0 Å². The summed E-state index contributed by atoms with van der Waals surface area (Å²) >= 11 is 0. The average molecular weight is 327 g/mol. The number of carbonyl (C=O) groups excluding carboxylic acids is 1. The van der Waals surface area contributed by atoms with Gasteiger partial charge in [0.25, 0.3) is 5.91 Å². The van der Waals surface area contributed by atoms with Crippen LogP contribution in [0.25, 0.3) is 0 Å². The minimum absolute atomic E-state index is 0.0590. The zero-order chi connectivity index (χ0) is 16.9. The number of nitrogens with one attached hydrogen (secondary N) is 1. The van der Waals surface area contributed by atoms with Gasteiger partial charge in [0.1, 0.15) is 5.82 Å². The van der Waals surface area contributed by atoms with E-state index >= 15 is 0 Å². The van der Waals surface area contributed by atoms with Crippen molar-refractivity contribution >= 4 is 11.6 Å². The van der Waals surface area contributed by atoms with Gasteiger partial charge in [-0.15, -0.1) is 0 Å². The Labute approximate surface area is 141 Å². The summed E-state index contributed by atoms with van der Waals surface area (Å²) in [6.45, 7) is 2.03. The van der Waals surface area contributed by atoms with Crippen molar-refractivity contribution in [1.82, 2.24) is 5.32 Å². The van der Waals surface area contributed by atoms with Crippen LogP contribution in [0.1, 0.15) is 28.8 Å². The molecule has 0 aliphatic carbocycles. The molecule has 3 rings (SSSR count). The van der Waals surface area contributed by atoms with E-state index in [9.17, 15) is 9.18 Å². The molecule has 1 aliphatic rings. The zero-order valence-corrected chi connectivity index (χ0v) is 13.5. The average Bonchev–Trinajstić information content (AvgIpc) is 2.62. The number of benzene rings is 2. The molecule has 126 valence electrons. The van der Waals surface area contributed by atoms with E-state index < -0.39 is 0 Å². The first-order chi connectivity index (χ1) is 11.7. The van der Waals surface area contributed by atoms with E-state index in [4.69, 9.17) is 5.73 Å². The van der Waals surface area contributed by atoms with Crippen LogP contribution >= 0.6 is 0 Å². The highest BCUT2D eigenvalue weighted by molar-refractivity contribution is 5.94. The third-order valence-corrected chi connectivity index (χ3v) is 4.38. The molecule has 2 aromatic carbocycles. The third kappa shape index (κ3) is 3.92. The number of amides is 1. The Morgan fingerprint density at radius 1 is 1.25 bits per heavy atom. The molecule has 2 aromatic rings. The highest BCUT2D eigenvalue weighted by atomic mass is 19.1. The maximum absolute atomic E-state index is 13.4. The number of halogens is 1. The molecular formula is C19H22FN3O. The molecule has 1 fully saturated rings. The van der Waals surface area contributed by atoms with Gasteiger partial charge < -0.3 is 16.0 Å². The lowest BCUT2D eigenvalue weighted by Crippen LogP contribution is -2.47. The van der Waals surface area contributed by atoms with Crippen LogP contribution in [0.2, 0.25) is 0 Å². The molecule has 3 N–H and O–H groups in total. The molecule has 1 atom stereocenters. The van der Waals surface area contributed by atoms with E-state index in [-0.39, 0.29) is 17.8 Å². The van der Waals surface area contributed by atoms with Crippen LogP contribution < -0.4 is 16.0 Å². The van der Waals surface area contributed by atoms with Gasteiger partial charge in [-0.3, -0.25) is 4.79 Å². The molecule has 1 saturated heterocycles. The minimum atomic E-state index is -0.237. The molecule has 0 spiro atoms. The lowest BCUT2D eigenvalue weighted by Gasteiger charge is -2.34. The molecule has 24 heavy (non-hydrogen) atoms. The van der Waals surface area contributed by atoms with E-state index in [1.807, 2.05) is 18.2 Å². The summed E-state index contributed by atoms with van der Waals surface area (Å²) in [6.07, 6.45) is 1.89. The van der Waals surface area contributed by atoms with E-state index in [0.29, 0.717) is 18.7 Å². The van der Waals surface area contributed by atoms with Crippen molar-refractivity contribution < 1.29 is 9.18 Å². The molecule has 1 aliphatic heterocycles. The number of nitrogens with zero attached hydrogens (tertiary/aromatic N) is 1. The Morgan fingerprint density at radius 3 is 2.75 bits per heavy atom. The second-order valence-corrected chi connectivity index (χ2v) is 6.14. The number of rotatable bonds is 4. The zero-order valence-electron chi connectivity index (χ0n) is 13.5. The Hall–Kier alpha value is -2.40. The number of hydrogen-bond acceptors (Lipinski definition) is 3. The van der Waals surface area contributed by atoms with Crippen LogP contribution in [0, 0.1) is 5.82 Å². The summed E-state index contributed by atoms with van der Waals surface area (Å²) in [5.41, 5.74) is 8.07. The van der Waals surface area contributed by atoms with Gasteiger partial charge in [0.05, 0.1) is 0 Å². The predicted molar refractivity (Wildman–Crippen MR) is 93.4 cm³/mol. The summed E-state index contributed by atoms with van der Waals surface area (Å²) in [4.78, 5) is 14.5. The molecule has 0 aromatic heterocycles. The molecule has 0 radical (unpaired) electrons. The summed E-state index contributed by atoms with van der Waals surface area (Å²) in [5, 5.41) is 3.08. The number of hydrogen-bond donors (Lipinski definition) is 2. The fraction of sp³-hybridized carbons (Fsp3) is 0.316. The van der Waals surface area contributed by atoms with Gasteiger partial charge in [-0.2, -0.15) is 0 Å². The molecule has 1 unspecified atom stereocenters. The molecule has 5 heteroatoms. The first-order valence-corrected chi connectivity index (χ1v) is 8.26. The lowest BCUT2D eigenvalue weighted by atomic mass is 10.0. The van der Waals surface area contributed by atoms with Crippen molar-refractivity contribution in [2.75, 3.05) is 18.0 Å². The van der Waals surface area contributed by atoms with Crippen LogP contribution in [-0.2, 0) is 6.54 Å². The summed E-state index contributed by atoms with van der Waals surface area (Å²) < 4.78 is 13.4. The Balaban J connectivity index is 1.63. The van der Waals surface area contributed by atoms with Gasteiger partial charge in [-0.1, -0.05) is 18.2 Å². The third-order valence-electron chi connectivity index (χ3n) is 4.38. The molecule has 0 saturated carbocycles. The van der Waals surface area contributed by atoms with Crippen molar-refractivity contribution in [3.63, 3.8) is 0 Å². The van der Waals surface area contributed by atoms with E-state index in [1.165, 1.54) is 12.1 Å². The van der Waals surface area contributed by atoms with Crippen molar-refractivity contribution in [3.05, 3.63) is 65.5 Å². The summed E-state index contributed by atoms with van der Waals surface area (Å²) in [6, 6.07) is 14.0. The van der Waals surface area contributed by atoms with Gasteiger partial charge in [0.15, 0.2) is 0 Å². The monoisotopic (exact) mass is 327 g/mol. The fourth-order valence-electron chi connectivity index (χ4n) is 3.06. The van der Waals surface area contributed by atoms with Crippen molar-refractivity contribution in [3.8, 4) is 0 Å². The second kappa shape index (κ2) is 7.45. The number of carbonyl (C=O) groups is 1. The van der Waals surface area contributed by atoms with Gasteiger partial charge >= 0.3 is 0 Å². The highest BCUT2D eigenvalue weighted by Crippen LogP contribution is 2.21. The molecule has 4 nitrogen and oxygen atoms in total. The maximum atomic E-state index is 13.4. The highest BCUT2D eigenvalue weighted by Gasteiger charge is 2.22. The molecular weight excluding hydrogens is 305 g/mol. The Morgan fingerprint density at radius 2 is 2.04 bits per heavy atom. The number of anilines is 1. The first kappa shape index (κ1) is 16.5. The normalized spacial score (nSPS) is 17.6. The second-order valence-electron chi connectivity index (χ2n) is 6.14. The van der Waals surface area contributed by atoms with Crippen molar-refractivity contribution in [2.24, 2.45) is 5.73 Å². The van der Waals surface area contributed by atoms with Crippen LogP contribution in [0.4, 0.5) is 10.1 Å². The molecule has 1 amide bonds. The standard InChI is InChI=1S/C19H22FN3O/c20-16-3-1-5-18(11-16)23-10-2-4-17(13-23)22-19(24)15-8-6-14(12-21)7-9-15/h1,3,5-9,11,17H,2,4,10,12-13,21H2,(H,22,24). The quantitative estimate of drug-likeness (QED) is 0.908. The molecule has 0 bridgehead atoms. The van der Waals surface area contributed by atoms with Gasteiger partial charge in [0, 0.05) is 36.9 Å². The van der Waals surface area contributed by atoms with Crippen molar-refractivity contribution in [2.45, 2.75) is 25.4 Å². The summed E-state index contributed by atoms with van der Waals surface area (Å²) in [5.74, 6) is -0.316. The van der Waals surface area contributed by atoms with E-state index in [0.717, 1.165) is 30.6 Å². The van der Waals surface area contributed by atoms with Gasteiger partial charge in [0.2, 0.25) is 0 Å². The van der Waals surface area contributed by atoms with Crippen LogP contribution in [0.15, 0.2) is 48.5 Å². The SMILES string of the molecule is NCc1ccc(C(=O)NC2CCCN(c3cccc(F)c3)C2)cc1. The summed E-state index contributed by atoms with van der Waals surface area (Å²) in [7, 11) is 0.